The maximum Gasteiger partial charge on any atom is 0.227 e. The van der Waals surface area contributed by atoms with Gasteiger partial charge in [0.1, 0.15) is 0 Å². The molecule has 0 fully saturated rings. The van der Waals surface area contributed by atoms with Crippen LogP contribution in [0.1, 0.15) is 25.8 Å². The first-order valence-corrected chi connectivity index (χ1v) is 6.06. The van der Waals surface area contributed by atoms with Gasteiger partial charge in [0.15, 0.2) is 0 Å². The first-order chi connectivity index (χ1) is 8.48. The van der Waals surface area contributed by atoms with E-state index in [0.717, 1.165) is 17.8 Å². The largest absolute Gasteiger partial charge is 0.378 e. The number of carbonyl (C=O) groups is 1. The number of para-hydroxylation sites is 1. The SMILES string of the molecule is CNCc1ccccc1NC(=O)CC(C)(C)OC. The van der Waals surface area contributed by atoms with Crippen molar-refractivity contribution in [2.45, 2.75) is 32.4 Å². The standard InChI is InChI=1S/C14H22N2O2/c1-14(2,18-4)9-13(17)16-12-8-6-5-7-11(12)10-15-3/h5-8,15H,9-10H2,1-4H3,(H,16,17). The van der Waals surface area contributed by atoms with Crippen LogP contribution in [0.25, 0.3) is 0 Å². The third-order valence-electron chi connectivity index (χ3n) is 2.80. The first-order valence-electron chi connectivity index (χ1n) is 6.06. The van der Waals surface area contributed by atoms with Crippen LogP contribution in [0.15, 0.2) is 24.3 Å². The van der Waals surface area contributed by atoms with E-state index in [0.29, 0.717) is 6.42 Å². The number of methoxy groups -OCH3 is 1. The number of nitrogens with one attached hydrogen (secondary N) is 2. The van der Waals surface area contributed by atoms with Crippen molar-refractivity contribution in [2.24, 2.45) is 0 Å². The van der Waals surface area contributed by atoms with Gasteiger partial charge in [-0.05, 0) is 32.5 Å². The van der Waals surface area contributed by atoms with Crippen molar-refractivity contribution < 1.29 is 9.53 Å². The van der Waals surface area contributed by atoms with Gasteiger partial charge in [-0.3, -0.25) is 4.79 Å². The Morgan fingerprint density at radius 3 is 2.61 bits per heavy atom. The van der Waals surface area contributed by atoms with Crippen LogP contribution in [0.4, 0.5) is 5.69 Å². The molecule has 0 bridgehead atoms. The highest BCUT2D eigenvalue weighted by Crippen LogP contribution is 2.18. The Labute approximate surface area is 109 Å². The highest BCUT2D eigenvalue weighted by molar-refractivity contribution is 5.92. The molecule has 4 nitrogen and oxygen atoms in total. The minimum atomic E-state index is -0.442. The van der Waals surface area contributed by atoms with Crippen LogP contribution in [0, 0.1) is 0 Å². The zero-order valence-electron chi connectivity index (χ0n) is 11.5. The lowest BCUT2D eigenvalue weighted by Crippen LogP contribution is -2.29. The fourth-order valence-corrected chi connectivity index (χ4v) is 1.64. The van der Waals surface area contributed by atoms with Crippen LogP contribution in [0.5, 0.6) is 0 Å². The molecule has 0 aliphatic rings. The maximum atomic E-state index is 11.9. The van der Waals surface area contributed by atoms with Crippen LogP contribution < -0.4 is 10.6 Å². The summed E-state index contributed by atoms with van der Waals surface area (Å²) in [6.07, 6.45) is 0.331. The van der Waals surface area contributed by atoms with Crippen molar-refractivity contribution in [2.75, 3.05) is 19.5 Å². The number of ether oxygens (including phenoxy) is 1. The highest BCUT2D eigenvalue weighted by atomic mass is 16.5. The number of benzene rings is 1. The number of anilines is 1. The molecule has 0 spiro atoms. The summed E-state index contributed by atoms with van der Waals surface area (Å²) >= 11 is 0. The molecule has 0 aromatic heterocycles. The lowest BCUT2D eigenvalue weighted by atomic mass is 10.0. The van der Waals surface area contributed by atoms with E-state index < -0.39 is 5.60 Å². The zero-order valence-corrected chi connectivity index (χ0v) is 11.5. The van der Waals surface area contributed by atoms with E-state index in [-0.39, 0.29) is 5.91 Å². The molecule has 0 aliphatic carbocycles. The third kappa shape index (κ3) is 4.47. The molecule has 1 rings (SSSR count). The Balaban J connectivity index is 2.70. The Bertz CT molecular complexity index is 403. The van der Waals surface area contributed by atoms with Crippen molar-refractivity contribution in [1.29, 1.82) is 0 Å². The van der Waals surface area contributed by atoms with Gasteiger partial charge in [-0.1, -0.05) is 18.2 Å². The van der Waals surface area contributed by atoms with Gasteiger partial charge in [-0.25, -0.2) is 0 Å². The summed E-state index contributed by atoms with van der Waals surface area (Å²) in [5.74, 6) is -0.0367. The molecule has 18 heavy (non-hydrogen) atoms. The average Bonchev–Trinajstić information content (AvgIpc) is 2.31. The molecule has 0 saturated heterocycles. The predicted octanol–water partition coefficient (Wildman–Crippen LogP) is 2.16. The van der Waals surface area contributed by atoms with Crippen LogP contribution in [-0.2, 0) is 16.1 Å². The monoisotopic (exact) mass is 250 g/mol. The molecule has 0 saturated carbocycles. The van der Waals surface area contributed by atoms with Crippen LogP contribution in [0.3, 0.4) is 0 Å². The third-order valence-corrected chi connectivity index (χ3v) is 2.80. The Kier molecular flexibility index (Phi) is 5.31. The number of carbonyl (C=O) groups excluding carboxylic acids is 1. The molecule has 100 valence electrons. The molecular weight excluding hydrogens is 228 g/mol. The number of hydrogen-bond acceptors (Lipinski definition) is 3. The summed E-state index contributed by atoms with van der Waals surface area (Å²) in [6, 6.07) is 7.77. The molecule has 4 heteroatoms. The van der Waals surface area contributed by atoms with E-state index in [4.69, 9.17) is 4.74 Å². The Morgan fingerprint density at radius 1 is 1.33 bits per heavy atom. The Hall–Kier alpha value is -1.39. The van der Waals surface area contributed by atoms with E-state index in [1.54, 1.807) is 7.11 Å². The molecule has 0 radical (unpaired) electrons. The first kappa shape index (κ1) is 14.7. The molecule has 0 heterocycles. The predicted molar refractivity (Wildman–Crippen MR) is 73.5 cm³/mol. The summed E-state index contributed by atoms with van der Waals surface area (Å²) in [4.78, 5) is 11.9. The van der Waals surface area contributed by atoms with Crippen LogP contribution >= 0.6 is 0 Å². The summed E-state index contributed by atoms with van der Waals surface area (Å²) in [5.41, 5.74) is 1.48. The van der Waals surface area contributed by atoms with Crippen molar-refractivity contribution in [1.82, 2.24) is 5.32 Å². The van der Waals surface area contributed by atoms with Gasteiger partial charge in [0, 0.05) is 19.3 Å². The van der Waals surface area contributed by atoms with Crippen molar-refractivity contribution in [3.63, 3.8) is 0 Å². The average molecular weight is 250 g/mol. The summed E-state index contributed by atoms with van der Waals surface area (Å²) in [7, 11) is 3.49. The second-order valence-electron chi connectivity index (χ2n) is 4.88. The van der Waals surface area contributed by atoms with Gasteiger partial charge < -0.3 is 15.4 Å². The van der Waals surface area contributed by atoms with E-state index in [9.17, 15) is 4.79 Å². The fourth-order valence-electron chi connectivity index (χ4n) is 1.64. The minimum Gasteiger partial charge on any atom is -0.378 e. The number of rotatable bonds is 6. The fraction of sp³-hybridized carbons (Fsp3) is 0.500. The molecule has 0 unspecified atom stereocenters. The van der Waals surface area contributed by atoms with Crippen molar-refractivity contribution >= 4 is 11.6 Å². The topological polar surface area (TPSA) is 50.4 Å². The maximum absolute atomic E-state index is 11.9. The van der Waals surface area contributed by atoms with Crippen molar-refractivity contribution in [3.05, 3.63) is 29.8 Å². The van der Waals surface area contributed by atoms with Crippen LogP contribution in [0.2, 0.25) is 0 Å². The molecule has 1 aromatic carbocycles. The van der Waals surface area contributed by atoms with E-state index in [1.807, 2.05) is 45.2 Å². The second kappa shape index (κ2) is 6.52. The van der Waals surface area contributed by atoms with Gasteiger partial charge in [0.25, 0.3) is 0 Å². The van der Waals surface area contributed by atoms with Gasteiger partial charge in [-0.15, -0.1) is 0 Å². The lowest BCUT2D eigenvalue weighted by Gasteiger charge is -2.22. The van der Waals surface area contributed by atoms with Gasteiger partial charge >= 0.3 is 0 Å². The molecule has 2 N–H and O–H groups in total. The highest BCUT2D eigenvalue weighted by Gasteiger charge is 2.21. The molecular formula is C14H22N2O2. The van der Waals surface area contributed by atoms with E-state index in [2.05, 4.69) is 10.6 Å². The van der Waals surface area contributed by atoms with E-state index in [1.165, 1.54) is 0 Å². The number of hydrogen-bond donors (Lipinski definition) is 2. The van der Waals surface area contributed by atoms with Crippen LogP contribution in [-0.4, -0.2) is 25.7 Å². The molecule has 1 aromatic rings. The van der Waals surface area contributed by atoms with E-state index >= 15 is 0 Å². The lowest BCUT2D eigenvalue weighted by molar-refractivity contribution is -0.121. The van der Waals surface area contributed by atoms with Gasteiger partial charge in [-0.2, -0.15) is 0 Å². The summed E-state index contributed by atoms with van der Waals surface area (Å²) in [5, 5.41) is 6.01. The van der Waals surface area contributed by atoms with Gasteiger partial charge in [0.05, 0.1) is 12.0 Å². The number of amides is 1. The minimum absolute atomic E-state index is 0.0367. The Morgan fingerprint density at radius 2 is 2.00 bits per heavy atom. The smallest absolute Gasteiger partial charge is 0.227 e. The quantitative estimate of drug-likeness (QED) is 0.813. The molecule has 1 amide bonds. The summed E-state index contributed by atoms with van der Waals surface area (Å²) < 4.78 is 5.25. The molecule has 0 atom stereocenters. The second-order valence-corrected chi connectivity index (χ2v) is 4.88. The van der Waals surface area contributed by atoms with Crippen molar-refractivity contribution in [3.8, 4) is 0 Å². The molecule has 0 aliphatic heterocycles. The van der Waals surface area contributed by atoms with Gasteiger partial charge in [0.2, 0.25) is 5.91 Å². The normalized spacial score (nSPS) is 11.3. The summed E-state index contributed by atoms with van der Waals surface area (Å²) in [6.45, 7) is 4.52. The zero-order chi connectivity index (χ0) is 13.6.